The summed E-state index contributed by atoms with van der Waals surface area (Å²) in [5, 5.41) is 2.54. The average molecular weight is 398 g/mol. The summed E-state index contributed by atoms with van der Waals surface area (Å²) in [6, 6.07) is 8.07. The highest BCUT2D eigenvalue weighted by atomic mass is 32.1. The highest BCUT2D eigenvalue weighted by Crippen LogP contribution is 2.30. The van der Waals surface area contributed by atoms with E-state index in [-0.39, 0.29) is 30.2 Å². The van der Waals surface area contributed by atoms with Gasteiger partial charge < -0.3 is 9.64 Å². The summed E-state index contributed by atoms with van der Waals surface area (Å²) in [4.78, 5) is 32.8. The molecule has 0 bridgehead atoms. The van der Waals surface area contributed by atoms with Crippen molar-refractivity contribution >= 4 is 27.5 Å². The fourth-order valence-electron chi connectivity index (χ4n) is 3.65. The highest BCUT2D eigenvalue weighted by molar-refractivity contribution is 7.17. The van der Waals surface area contributed by atoms with Gasteiger partial charge in [-0.05, 0) is 26.3 Å². The molecule has 0 unspecified atom stereocenters. The van der Waals surface area contributed by atoms with E-state index in [0.29, 0.717) is 23.3 Å². The molecule has 1 saturated heterocycles. The molecule has 6 nitrogen and oxygen atoms in total. The maximum Gasteiger partial charge on any atom is 0.263 e. The zero-order valence-corrected chi connectivity index (χ0v) is 17.0. The maximum absolute atomic E-state index is 13.1. The number of hydrogen-bond donors (Lipinski definition) is 0. The molecule has 1 aliphatic rings. The first-order chi connectivity index (χ1) is 13.4. The standard InChI is InChI=1S/C21H23N3O3S/c1-13-4-6-16(7-5-13)17-11-28-20-19(17)21(26)24(12-22-20)10-18(25)23-8-14(2)27-15(3)9-23/h4-7,11-12,14-15H,8-10H2,1-3H3/t14-,15+. The average Bonchev–Trinajstić information content (AvgIpc) is 3.08. The highest BCUT2D eigenvalue weighted by Gasteiger charge is 2.26. The summed E-state index contributed by atoms with van der Waals surface area (Å²) in [5.74, 6) is -0.0858. The van der Waals surface area contributed by atoms with Gasteiger partial charge in [0.15, 0.2) is 0 Å². The minimum Gasteiger partial charge on any atom is -0.372 e. The third kappa shape index (κ3) is 3.59. The van der Waals surface area contributed by atoms with Gasteiger partial charge in [0.25, 0.3) is 5.56 Å². The van der Waals surface area contributed by atoms with Gasteiger partial charge in [0.05, 0.1) is 23.9 Å². The van der Waals surface area contributed by atoms with E-state index in [0.717, 1.165) is 11.1 Å². The van der Waals surface area contributed by atoms with Crippen LogP contribution in [-0.2, 0) is 16.1 Å². The molecule has 7 heteroatoms. The van der Waals surface area contributed by atoms with E-state index in [1.807, 2.05) is 50.4 Å². The number of nitrogens with zero attached hydrogens (tertiary/aromatic N) is 3. The molecule has 28 heavy (non-hydrogen) atoms. The maximum atomic E-state index is 13.1. The van der Waals surface area contributed by atoms with Gasteiger partial charge in [-0.1, -0.05) is 29.8 Å². The van der Waals surface area contributed by atoms with Gasteiger partial charge in [-0.2, -0.15) is 0 Å². The first-order valence-corrected chi connectivity index (χ1v) is 10.3. The number of benzene rings is 1. The molecular weight excluding hydrogens is 374 g/mol. The van der Waals surface area contributed by atoms with Crippen molar-refractivity contribution in [2.75, 3.05) is 13.1 Å². The van der Waals surface area contributed by atoms with Crippen LogP contribution >= 0.6 is 11.3 Å². The molecule has 2 aromatic heterocycles. The van der Waals surface area contributed by atoms with E-state index in [9.17, 15) is 9.59 Å². The zero-order chi connectivity index (χ0) is 19.8. The lowest BCUT2D eigenvalue weighted by molar-refractivity contribution is -0.143. The number of ether oxygens (including phenoxy) is 1. The Morgan fingerprint density at radius 3 is 2.57 bits per heavy atom. The summed E-state index contributed by atoms with van der Waals surface area (Å²) < 4.78 is 7.10. The lowest BCUT2D eigenvalue weighted by atomic mass is 10.1. The molecule has 3 heterocycles. The van der Waals surface area contributed by atoms with Crippen LogP contribution in [0.2, 0.25) is 0 Å². The number of hydrogen-bond acceptors (Lipinski definition) is 5. The first-order valence-electron chi connectivity index (χ1n) is 9.39. The fourth-order valence-corrected chi connectivity index (χ4v) is 4.56. The Kier molecular flexibility index (Phi) is 5.03. The molecule has 0 saturated carbocycles. The van der Waals surface area contributed by atoms with Crippen LogP contribution in [-0.4, -0.2) is 45.7 Å². The molecule has 0 N–H and O–H groups in total. The summed E-state index contributed by atoms with van der Waals surface area (Å²) >= 11 is 1.45. The van der Waals surface area contributed by atoms with Gasteiger partial charge >= 0.3 is 0 Å². The fraction of sp³-hybridized carbons (Fsp3) is 0.381. The Morgan fingerprint density at radius 2 is 1.89 bits per heavy atom. The van der Waals surface area contributed by atoms with Crippen LogP contribution < -0.4 is 5.56 Å². The molecule has 2 atom stereocenters. The summed E-state index contributed by atoms with van der Waals surface area (Å²) in [7, 11) is 0. The van der Waals surface area contributed by atoms with Gasteiger partial charge in [-0.25, -0.2) is 4.98 Å². The van der Waals surface area contributed by atoms with Crippen molar-refractivity contribution in [3.05, 3.63) is 51.9 Å². The Hall–Kier alpha value is -2.51. The number of aromatic nitrogens is 2. The van der Waals surface area contributed by atoms with Gasteiger partial charge in [0.1, 0.15) is 11.4 Å². The van der Waals surface area contributed by atoms with Crippen LogP contribution in [0.1, 0.15) is 19.4 Å². The molecule has 0 radical (unpaired) electrons. The molecule has 0 spiro atoms. The predicted octanol–water partition coefficient (Wildman–Crippen LogP) is 3.07. The smallest absolute Gasteiger partial charge is 0.263 e. The van der Waals surface area contributed by atoms with Gasteiger partial charge in [-0.3, -0.25) is 14.2 Å². The van der Waals surface area contributed by atoms with Crippen molar-refractivity contribution in [1.82, 2.24) is 14.5 Å². The minimum absolute atomic E-state index is 0.00459. The monoisotopic (exact) mass is 397 g/mol. The van der Waals surface area contributed by atoms with Crippen LogP contribution in [0.25, 0.3) is 21.3 Å². The van der Waals surface area contributed by atoms with Crippen molar-refractivity contribution in [1.29, 1.82) is 0 Å². The van der Waals surface area contributed by atoms with Crippen molar-refractivity contribution in [2.24, 2.45) is 0 Å². The van der Waals surface area contributed by atoms with Crippen molar-refractivity contribution in [3.63, 3.8) is 0 Å². The van der Waals surface area contributed by atoms with Crippen molar-refractivity contribution in [2.45, 2.75) is 39.5 Å². The molecule has 1 fully saturated rings. The van der Waals surface area contributed by atoms with Crippen LogP contribution in [0.4, 0.5) is 0 Å². The van der Waals surface area contributed by atoms with Crippen LogP contribution in [0.15, 0.2) is 40.8 Å². The number of fused-ring (bicyclic) bond motifs is 1. The number of morpholine rings is 1. The SMILES string of the molecule is Cc1ccc(-c2csc3ncn(CC(=O)N4C[C@@H](C)O[C@@H](C)C4)c(=O)c23)cc1. The Labute approximate surface area is 167 Å². The van der Waals surface area contributed by atoms with E-state index < -0.39 is 0 Å². The third-order valence-corrected chi connectivity index (χ3v) is 5.89. The van der Waals surface area contributed by atoms with Gasteiger partial charge in [0, 0.05) is 24.0 Å². The molecule has 1 amide bonds. The van der Waals surface area contributed by atoms with E-state index in [4.69, 9.17) is 4.74 Å². The van der Waals surface area contributed by atoms with Crippen LogP contribution in [0, 0.1) is 6.92 Å². The number of thiophene rings is 1. The van der Waals surface area contributed by atoms with Crippen molar-refractivity contribution < 1.29 is 9.53 Å². The van der Waals surface area contributed by atoms with Crippen molar-refractivity contribution in [3.8, 4) is 11.1 Å². The normalized spacial score (nSPS) is 19.9. The predicted molar refractivity (Wildman–Crippen MR) is 111 cm³/mol. The van der Waals surface area contributed by atoms with E-state index in [2.05, 4.69) is 4.98 Å². The molecule has 1 aliphatic heterocycles. The Morgan fingerprint density at radius 1 is 1.21 bits per heavy atom. The number of amides is 1. The summed E-state index contributed by atoms with van der Waals surface area (Å²) in [6.45, 7) is 7.01. The summed E-state index contributed by atoms with van der Waals surface area (Å²) in [5.41, 5.74) is 2.84. The van der Waals surface area contributed by atoms with Crippen LogP contribution in [0.5, 0.6) is 0 Å². The molecule has 0 aliphatic carbocycles. The summed E-state index contributed by atoms with van der Waals surface area (Å²) in [6.07, 6.45) is 1.47. The third-order valence-electron chi connectivity index (χ3n) is 5.00. The zero-order valence-electron chi connectivity index (χ0n) is 16.2. The van der Waals surface area contributed by atoms with E-state index >= 15 is 0 Å². The number of carbonyl (C=O) groups excluding carboxylic acids is 1. The molecule has 4 rings (SSSR count). The Bertz CT molecular complexity index is 1060. The quantitative estimate of drug-likeness (QED) is 0.681. The second-order valence-electron chi connectivity index (χ2n) is 7.43. The number of aryl methyl sites for hydroxylation is 1. The first kappa shape index (κ1) is 18.8. The Balaban J connectivity index is 1.66. The second-order valence-corrected chi connectivity index (χ2v) is 8.29. The number of rotatable bonds is 3. The molecular formula is C21H23N3O3S. The molecule has 146 valence electrons. The van der Waals surface area contributed by atoms with Gasteiger partial charge in [-0.15, -0.1) is 11.3 Å². The largest absolute Gasteiger partial charge is 0.372 e. The van der Waals surface area contributed by atoms with Crippen LogP contribution in [0.3, 0.4) is 0 Å². The lowest BCUT2D eigenvalue weighted by Crippen LogP contribution is -2.49. The van der Waals surface area contributed by atoms with E-state index in [1.54, 1.807) is 4.90 Å². The van der Waals surface area contributed by atoms with Gasteiger partial charge in [0.2, 0.25) is 5.91 Å². The lowest BCUT2D eigenvalue weighted by Gasteiger charge is -2.35. The minimum atomic E-state index is -0.176. The molecule has 3 aromatic rings. The van der Waals surface area contributed by atoms with E-state index in [1.165, 1.54) is 27.8 Å². The molecule has 1 aromatic carbocycles. The number of carbonyl (C=O) groups is 1. The second kappa shape index (κ2) is 7.48. The topological polar surface area (TPSA) is 64.4 Å².